The normalized spacial score (nSPS) is 16.1. The Hall–Kier alpha value is -1.30. The van der Waals surface area contributed by atoms with Crippen LogP contribution in [0, 0.1) is 5.82 Å². The Balaban J connectivity index is 2.05. The van der Waals surface area contributed by atoms with Gasteiger partial charge in [0.2, 0.25) is 0 Å². The quantitative estimate of drug-likeness (QED) is 0.866. The van der Waals surface area contributed by atoms with E-state index in [0.717, 1.165) is 5.69 Å². The third-order valence-electron chi connectivity index (χ3n) is 2.82. The van der Waals surface area contributed by atoms with Crippen LogP contribution in [0.1, 0.15) is 0 Å². The fraction of sp³-hybridized carbons (Fsp3) is 0.364. The van der Waals surface area contributed by atoms with E-state index in [-0.39, 0.29) is 5.82 Å². The third kappa shape index (κ3) is 2.69. The van der Waals surface area contributed by atoms with Crippen LogP contribution in [0.5, 0.6) is 0 Å². The first kappa shape index (κ1) is 12.2. The Morgan fingerprint density at radius 3 is 2.47 bits per heavy atom. The highest BCUT2D eigenvalue weighted by atomic mass is 79.9. The smallest absolute Gasteiger partial charge is 0.407 e. The van der Waals surface area contributed by atoms with Gasteiger partial charge in [-0.1, -0.05) is 0 Å². The van der Waals surface area contributed by atoms with E-state index in [1.165, 1.54) is 11.0 Å². The zero-order valence-electron chi connectivity index (χ0n) is 9.07. The fourth-order valence-electron chi connectivity index (χ4n) is 1.84. The molecule has 1 aromatic carbocycles. The molecule has 1 aromatic rings. The number of nitrogens with zero attached hydrogens (tertiary/aromatic N) is 2. The summed E-state index contributed by atoms with van der Waals surface area (Å²) < 4.78 is 13.8. The van der Waals surface area contributed by atoms with Gasteiger partial charge in [0.05, 0.1) is 4.47 Å². The first-order valence-corrected chi connectivity index (χ1v) is 6.05. The van der Waals surface area contributed by atoms with Gasteiger partial charge in [-0.2, -0.15) is 0 Å². The van der Waals surface area contributed by atoms with Crippen molar-refractivity contribution in [3.63, 3.8) is 0 Å². The van der Waals surface area contributed by atoms with E-state index in [4.69, 9.17) is 5.11 Å². The Morgan fingerprint density at radius 2 is 1.94 bits per heavy atom. The predicted octanol–water partition coefficient (Wildman–Crippen LogP) is 2.39. The topological polar surface area (TPSA) is 43.8 Å². The van der Waals surface area contributed by atoms with E-state index in [2.05, 4.69) is 15.9 Å². The maximum Gasteiger partial charge on any atom is 0.407 e. The highest BCUT2D eigenvalue weighted by molar-refractivity contribution is 9.10. The van der Waals surface area contributed by atoms with Crippen molar-refractivity contribution < 1.29 is 14.3 Å². The zero-order chi connectivity index (χ0) is 12.4. The molecule has 1 heterocycles. The summed E-state index contributed by atoms with van der Waals surface area (Å²) >= 11 is 3.10. The molecule has 0 unspecified atom stereocenters. The molecule has 2 rings (SSSR count). The van der Waals surface area contributed by atoms with E-state index in [0.29, 0.717) is 30.7 Å². The number of amides is 1. The second-order valence-electron chi connectivity index (χ2n) is 3.86. The van der Waals surface area contributed by atoms with E-state index >= 15 is 0 Å². The van der Waals surface area contributed by atoms with Gasteiger partial charge >= 0.3 is 6.09 Å². The van der Waals surface area contributed by atoms with Crippen molar-refractivity contribution >= 4 is 27.7 Å². The van der Waals surface area contributed by atoms with Crippen molar-refractivity contribution in [2.45, 2.75) is 0 Å². The molecule has 1 N–H and O–H groups in total. The Morgan fingerprint density at radius 1 is 1.29 bits per heavy atom. The summed E-state index contributed by atoms with van der Waals surface area (Å²) in [7, 11) is 0. The Labute approximate surface area is 107 Å². The van der Waals surface area contributed by atoms with Crippen LogP contribution < -0.4 is 4.90 Å². The highest BCUT2D eigenvalue weighted by Gasteiger charge is 2.20. The minimum atomic E-state index is -0.897. The van der Waals surface area contributed by atoms with Gasteiger partial charge < -0.3 is 14.9 Å². The van der Waals surface area contributed by atoms with Crippen LogP contribution >= 0.6 is 15.9 Å². The van der Waals surface area contributed by atoms with E-state index in [1.807, 2.05) is 11.0 Å². The molecular weight excluding hydrogens is 291 g/mol. The zero-order valence-corrected chi connectivity index (χ0v) is 10.7. The lowest BCUT2D eigenvalue weighted by Crippen LogP contribution is -2.48. The number of halogens is 2. The van der Waals surface area contributed by atoms with Crippen LogP contribution in [0.2, 0.25) is 0 Å². The molecule has 1 amide bonds. The standard InChI is InChI=1S/C11H12BrFN2O2/c12-9-2-1-8(7-10(9)13)14-3-5-15(6-4-14)11(16)17/h1-2,7H,3-6H2,(H,16,17). The van der Waals surface area contributed by atoms with Crippen LogP contribution in [-0.2, 0) is 0 Å². The Bertz CT molecular complexity index is 433. The maximum absolute atomic E-state index is 13.4. The van der Waals surface area contributed by atoms with Crippen molar-refractivity contribution in [2.75, 3.05) is 31.1 Å². The van der Waals surface area contributed by atoms with E-state index in [1.54, 1.807) is 6.07 Å². The summed E-state index contributed by atoms with van der Waals surface area (Å²) in [5.41, 5.74) is 0.788. The van der Waals surface area contributed by atoms with Crippen molar-refractivity contribution in [3.8, 4) is 0 Å². The number of carboxylic acid groups (broad SMARTS) is 1. The molecule has 0 spiro atoms. The molecular formula is C11H12BrFN2O2. The first-order valence-electron chi connectivity index (χ1n) is 5.26. The molecule has 6 heteroatoms. The third-order valence-corrected chi connectivity index (χ3v) is 3.46. The molecule has 0 bridgehead atoms. The van der Waals surface area contributed by atoms with Gasteiger partial charge in [0.15, 0.2) is 0 Å². The number of rotatable bonds is 1. The van der Waals surface area contributed by atoms with Crippen molar-refractivity contribution in [2.24, 2.45) is 0 Å². The monoisotopic (exact) mass is 302 g/mol. The minimum absolute atomic E-state index is 0.303. The molecule has 0 radical (unpaired) electrons. The van der Waals surface area contributed by atoms with Crippen LogP contribution in [0.4, 0.5) is 14.9 Å². The van der Waals surface area contributed by atoms with Gasteiger partial charge in [-0.3, -0.25) is 0 Å². The largest absolute Gasteiger partial charge is 0.465 e. The van der Waals surface area contributed by atoms with Gasteiger partial charge in [0.25, 0.3) is 0 Å². The van der Waals surface area contributed by atoms with Gasteiger partial charge in [-0.05, 0) is 34.1 Å². The molecule has 0 aromatic heterocycles. The average molecular weight is 303 g/mol. The molecule has 1 aliphatic rings. The molecule has 0 atom stereocenters. The predicted molar refractivity (Wildman–Crippen MR) is 65.9 cm³/mol. The van der Waals surface area contributed by atoms with Crippen molar-refractivity contribution in [1.82, 2.24) is 4.90 Å². The Kier molecular flexibility index (Phi) is 3.51. The summed E-state index contributed by atoms with van der Waals surface area (Å²) in [6.45, 7) is 2.08. The van der Waals surface area contributed by atoms with Crippen LogP contribution in [0.15, 0.2) is 22.7 Å². The molecule has 1 aliphatic heterocycles. The molecule has 0 aliphatic carbocycles. The highest BCUT2D eigenvalue weighted by Crippen LogP contribution is 2.23. The van der Waals surface area contributed by atoms with Crippen LogP contribution in [0.25, 0.3) is 0 Å². The van der Waals surface area contributed by atoms with E-state index < -0.39 is 6.09 Å². The lowest BCUT2D eigenvalue weighted by atomic mass is 10.2. The summed E-state index contributed by atoms with van der Waals surface area (Å²) in [6.07, 6.45) is -0.897. The van der Waals surface area contributed by atoms with Gasteiger partial charge in [-0.15, -0.1) is 0 Å². The molecule has 4 nitrogen and oxygen atoms in total. The van der Waals surface area contributed by atoms with Gasteiger partial charge in [0, 0.05) is 31.9 Å². The van der Waals surface area contributed by atoms with Crippen LogP contribution in [0.3, 0.4) is 0 Å². The second-order valence-corrected chi connectivity index (χ2v) is 4.71. The lowest BCUT2D eigenvalue weighted by molar-refractivity contribution is 0.142. The number of piperazine rings is 1. The SMILES string of the molecule is O=C(O)N1CCN(c2ccc(Br)c(F)c2)CC1. The lowest BCUT2D eigenvalue weighted by Gasteiger charge is -2.34. The molecule has 1 saturated heterocycles. The number of carbonyl (C=O) groups is 1. The van der Waals surface area contributed by atoms with Crippen molar-refractivity contribution in [1.29, 1.82) is 0 Å². The molecule has 17 heavy (non-hydrogen) atoms. The minimum Gasteiger partial charge on any atom is -0.465 e. The summed E-state index contributed by atoms with van der Waals surface area (Å²) in [4.78, 5) is 14.1. The fourth-order valence-corrected chi connectivity index (χ4v) is 2.08. The second kappa shape index (κ2) is 4.91. The summed E-state index contributed by atoms with van der Waals surface area (Å²) in [5.74, 6) is -0.303. The molecule has 1 fully saturated rings. The summed E-state index contributed by atoms with van der Waals surface area (Å²) in [5, 5.41) is 8.82. The molecule has 92 valence electrons. The summed E-state index contributed by atoms with van der Waals surface area (Å²) in [6, 6.07) is 4.94. The average Bonchev–Trinajstić information content (AvgIpc) is 2.33. The van der Waals surface area contributed by atoms with Gasteiger partial charge in [-0.25, -0.2) is 9.18 Å². The van der Waals surface area contributed by atoms with Gasteiger partial charge in [0.1, 0.15) is 5.82 Å². The number of benzene rings is 1. The number of hydrogen-bond donors (Lipinski definition) is 1. The first-order chi connectivity index (χ1) is 8.08. The van der Waals surface area contributed by atoms with E-state index in [9.17, 15) is 9.18 Å². The van der Waals surface area contributed by atoms with Crippen molar-refractivity contribution in [3.05, 3.63) is 28.5 Å². The maximum atomic E-state index is 13.4. The number of anilines is 1. The molecule has 0 saturated carbocycles. The van der Waals surface area contributed by atoms with Crippen LogP contribution in [-0.4, -0.2) is 42.3 Å². The number of hydrogen-bond acceptors (Lipinski definition) is 2.